The number of carbonyl (C=O) groups is 2. The van der Waals surface area contributed by atoms with Crippen LogP contribution in [0.2, 0.25) is 5.02 Å². The molecule has 0 aromatic heterocycles. The summed E-state index contributed by atoms with van der Waals surface area (Å²) < 4.78 is 0. The van der Waals surface area contributed by atoms with Crippen LogP contribution in [0.1, 0.15) is 24.2 Å². The highest BCUT2D eigenvalue weighted by molar-refractivity contribution is 6.34. The fourth-order valence-corrected chi connectivity index (χ4v) is 1.32. The molecule has 0 saturated heterocycles. The highest BCUT2D eigenvalue weighted by Crippen LogP contribution is 2.26. The summed E-state index contributed by atoms with van der Waals surface area (Å²) in [4.78, 5) is 22.4. The maximum absolute atomic E-state index is 11.5. The number of nitrogens with one attached hydrogen (secondary N) is 1. The third-order valence-electron chi connectivity index (χ3n) is 2.02. The van der Waals surface area contributed by atoms with Gasteiger partial charge in [0.1, 0.15) is 0 Å². The Labute approximate surface area is 98.2 Å². The van der Waals surface area contributed by atoms with E-state index in [0.29, 0.717) is 0 Å². The van der Waals surface area contributed by atoms with Gasteiger partial charge in [0, 0.05) is 5.92 Å². The maximum atomic E-state index is 11.5. The maximum Gasteiger partial charge on any atom is 0.337 e. The number of aromatic carboxylic acids is 1. The molecule has 1 amide bonds. The first kappa shape index (κ1) is 12.5. The molecular weight excluding hydrogens is 230 g/mol. The summed E-state index contributed by atoms with van der Waals surface area (Å²) in [6.45, 7) is 3.43. The molecule has 5 heteroatoms. The Hall–Kier alpha value is -1.55. The molecule has 4 nitrogen and oxygen atoms in total. The van der Waals surface area contributed by atoms with Crippen molar-refractivity contribution in [1.82, 2.24) is 0 Å². The largest absolute Gasteiger partial charge is 0.478 e. The van der Waals surface area contributed by atoms with Crippen LogP contribution in [0, 0.1) is 5.92 Å². The smallest absolute Gasteiger partial charge is 0.337 e. The molecule has 0 atom stereocenters. The van der Waals surface area contributed by atoms with E-state index >= 15 is 0 Å². The number of anilines is 1. The quantitative estimate of drug-likeness (QED) is 0.855. The van der Waals surface area contributed by atoms with E-state index in [2.05, 4.69) is 5.32 Å². The van der Waals surface area contributed by atoms with Gasteiger partial charge in [-0.1, -0.05) is 31.5 Å². The topological polar surface area (TPSA) is 66.4 Å². The van der Waals surface area contributed by atoms with Crippen molar-refractivity contribution in [2.45, 2.75) is 13.8 Å². The molecule has 0 aliphatic heterocycles. The fraction of sp³-hybridized carbons (Fsp3) is 0.273. The molecule has 16 heavy (non-hydrogen) atoms. The highest BCUT2D eigenvalue weighted by atomic mass is 35.5. The zero-order valence-corrected chi connectivity index (χ0v) is 9.71. The summed E-state index contributed by atoms with van der Waals surface area (Å²) in [6, 6.07) is 4.45. The van der Waals surface area contributed by atoms with Crippen LogP contribution in [0.4, 0.5) is 5.69 Å². The van der Waals surface area contributed by atoms with Gasteiger partial charge in [0.05, 0.1) is 16.3 Å². The summed E-state index contributed by atoms with van der Waals surface area (Å²) in [5.74, 6) is -1.63. The second-order valence-corrected chi connectivity index (χ2v) is 4.02. The van der Waals surface area contributed by atoms with Crippen molar-refractivity contribution in [1.29, 1.82) is 0 Å². The summed E-state index contributed by atoms with van der Waals surface area (Å²) in [7, 11) is 0. The van der Waals surface area contributed by atoms with Crippen molar-refractivity contribution in [3.8, 4) is 0 Å². The molecule has 0 radical (unpaired) electrons. The van der Waals surface area contributed by atoms with E-state index in [1.165, 1.54) is 18.2 Å². The van der Waals surface area contributed by atoms with Crippen LogP contribution in [-0.4, -0.2) is 17.0 Å². The number of benzene rings is 1. The van der Waals surface area contributed by atoms with E-state index in [1.54, 1.807) is 13.8 Å². The number of hydrogen-bond donors (Lipinski definition) is 2. The van der Waals surface area contributed by atoms with Gasteiger partial charge in [0.15, 0.2) is 0 Å². The van der Waals surface area contributed by atoms with E-state index in [9.17, 15) is 9.59 Å². The molecule has 1 aromatic carbocycles. The summed E-state index contributed by atoms with van der Waals surface area (Å²) in [5.41, 5.74) is 0.136. The number of halogens is 1. The van der Waals surface area contributed by atoms with E-state index in [4.69, 9.17) is 16.7 Å². The standard InChI is InChI=1S/C11H12ClNO3/c1-6(2)10(14)13-9-7(11(15)16)4-3-5-8(9)12/h3-6H,1-2H3,(H,13,14)(H,15,16). The summed E-state index contributed by atoms with van der Waals surface area (Å²) >= 11 is 5.84. The minimum absolute atomic E-state index is 0.0125. The number of carboxylic acids is 1. The summed E-state index contributed by atoms with van der Waals surface area (Å²) in [6.07, 6.45) is 0. The summed E-state index contributed by atoms with van der Waals surface area (Å²) in [5, 5.41) is 11.7. The molecule has 0 bridgehead atoms. The van der Waals surface area contributed by atoms with Crippen molar-refractivity contribution in [2.75, 3.05) is 5.32 Å². The van der Waals surface area contributed by atoms with Crippen LogP contribution in [-0.2, 0) is 4.79 Å². The molecule has 0 aliphatic carbocycles. The number of carboxylic acid groups (broad SMARTS) is 1. The number of rotatable bonds is 3. The minimum atomic E-state index is -1.12. The van der Waals surface area contributed by atoms with Crippen LogP contribution in [0.15, 0.2) is 18.2 Å². The van der Waals surface area contributed by atoms with Gasteiger partial charge in [-0.15, -0.1) is 0 Å². The van der Waals surface area contributed by atoms with Gasteiger partial charge in [-0.3, -0.25) is 4.79 Å². The fourth-order valence-electron chi connectivity index (χ4n) is 1.10. The number of para-hydroxylation sites is 1. The Balaban J connectivity index is 3.11. The molecule has 0 heterocycles. The lowest BCUT2D eigenvalue weighted by Crippen LogP contribution is -2.19. The van der Waals surface area contributed by atoms with Gasteiger partial charge in [-0.2, -0.15) is 0 Å². The van der Waals surface area contributed by atoms with Gasteiger partial charge < -0.3 is 10.4 Å². The first-order chi connectivity index (χ1) is 7.43. The van der Waals surface area contributed by atoms with Crippen molar-refractivity contribution in [2.24, 2.45) is 5.92 Å². The predicted molar refractivity (Wildman–Crippen MR) is 61.9 cm³/mol. The second-order valence-electron chi connectivity index (χ2n) is 3.61. The SMILES string of the molecule is CC(C)C(=O)Nc1c(Cl)cccc1C(=O)O. The number of carbonyl (C=O) groups excluding carboxylic acids is 1. The zero-order valence-electron chi connectivity index (χ0n) is 8.95. The normalized spacial score (nSPS) is 10.2. The van der Waals surface area contributed by atoms with Crippen LogP contribution in [0.25, 0.3) is 0 Å². The van der Waals surface area contributed by atoms with Crippen LogP contribution >= 0.6 is 11.6 Å². The molecule has 86 valence electrons. The molecule has 0 saturated carbocycles. The van der Waals surface area contributed by atoms with Crippen LogP contribution in [0.5, 0.6) is 0 Å². The Morgan fingerprint density at radius 2 is 2.00 bits per heavy atom. The lowest BCUT2D eigenvalue weighted by Gasteiger charge is -2.11. The van der Waals surface area contributed by atoms with Gasteiger partial charge in [0.25, 0.3) is 0 Å². The Morgan fingerprint density at radius 1 is 1.38 bits per heavy atom. The molecule has 0 spiro atoms. The van der Waals surface area contributed by atoms with E-state index < -0.39 is 5.97 Å². The van der Waals surface area contributed by atoms with Gasteiger partial charge in [-0.05, 0) is 12.1 Å². The van der Waals surface area contributed by atoms with Crippen molar-refractivity contribution >= 4 is 29.2 Å². The molecular formula is C11H12ClNO3. The molecule has 0 unspecified atom stereocenters. The van der Waals surface area contributed by atoms with Crippen LogP contribution in [0.3, 0.4) is 0 Å². The molecule has 0 fully saturated rings. The van der Waals surface area contributed by atoms with E-state index in [0.717, 1.165) is 0 Å². The molecule has 1 aromatic rings. The van der Waals surface area contributed by atoms with Crippen molar-refractivity contribution < 1.29 is 14.7 Å². The van der Waals surface area contributed by atoms with Gasteiger partial charge in [0.2, 0.25) is 5.91 Å². The average Bonchev–Trinajstić information content (AvgIpc) is 2.20. The Morgan fingerprint density at radius 3 is 2.50 bits per heavy atom. The first-order valence-electron chi connectivity index (χ1n) is 4.76. The molecule has 0 aliphatic rings. The Kier molecular flexibility index (Phi) is 3.90. The third kappa shape index (κ3) is 2.73. The molecule has 1 rings (SSSR count). The van der Waals surface area contributed by atoms with Crippen molar-refractivity contribution in [3.05, 3.63) is 28.8 Å². The van der Waals surface area contributed by atoms with E-state index in [1.807, 2.05) is 0 Å². The van der Waals surface area contributed by atoms with Crippen molar-refractivity contribution in [3.63, 3.8) is 0 Å². The van der Waals surface area contributed by atoms with Crippen LogP contribution < -0.4 is 5.32 Å². The number of amides is 1. The lowest BCUT2D eigenvalue weighted by atomic mass is 10.1. The van der Waals surface area contributed by atoms with E-state index in [-0.39, 0.29) is 28.1 Å². The Bertz CT molecular complexity index is 429. The third-order valence-corrected chi connectivity index (χ3v) is 2.33. The zero-order chi connectivity index (χ0) is 12.3. The predicted octanol–water partition coefficient (Wildman–Crippen LogP) is 2.63. The second kappa shape index (κ2) is 4.99. The highest BCUT2D eigenvalue weighted by Gasteiger charge is 2.16. The lowest BCUT2D eigenvalue weighted by molar-refractivity contribution is -0.118. The van der Waals surface area contributed by atoms with Gasteiger partial charge in [-0.25, -0.2) is 4.79 Å². The first-order valence-corrected chi connectivity index (χ1v) is 5.14. The monoisotopic (exact) mass is 241 g/mol. The minimum Gasteiger partial charge on any atom is -0.478 e. The molecule has 2 N–H and O–H groups in total. The number of hydrogen-bond acceptors (Lipinski definition) is 2. The average molecular weight is 242 g/mol. The van der Waals surface area contributed by atoms with Gasteiger partial charge >= 0.3 is 5.97 Å².